The molecule has 0 aromatic heterocycles. The number of hydrogen-bond donors (Lipinski definition) is 4. The van der Waals surface area contributed by atoms with Gasteiger partial charge in [0, 0.05) is 0 Å². The van der Waals surface area contributed by atoms with Crippen molar-refractivity contribution < 1.29 is 20.4 Å². The van der Waals surface area contributed by atoms with Gasteiger partial charge < -0.3 is 20.4 Å². The molecule has 0 saturated carbocycles. The first kappa shape index (κ1) is 16.3. The number of aliphatic hydroxyl groups excluding tert-OH is 4. The molecule has 0 amide bonds. The molecule has 0 saturated heterocycles. The Morgan fingerprint density at radius 1 is 0.600 bits per heavy atom. The molecule has 108 valence electrons. The third-order valence-electron chi connectivity index (χ3n) is 2.70. The van der Waals surface area contributed by atoms with Gasteiger partial charge in [-0.05, 0) is 11.1 Å². The van der Waals surface area contributed by atoms with Crippen molar-refractivity contribution >= 4 is 0 Å². The highest BCUT2D eigenvalue weighted by molar-refractivity contribution is 5.62. The van der Waals surface area contributed by atoms with E-state index in [4.69, 9.17) is 20.4 Å². The predicted octanol–water partition coefficient (Wildman–Crippen LogP) is 1.05. The molecule has 0 spiro atoms. The number of benzene rings is 2. The van der Waals surface area contributed by atoms with E-state index < -0.39 is 25.4 Å². The molecule has 2 unspecified atom stereocenters. The van der Waals surface area contributed by atoms with Crippen LogP contribution in [0.25, 0.3) is 11.1 Å². The normalized spacial score (nSPS) is 13.0. The molecule has 0 radical (unpaired) electrons. The smallest absolute Gasteiger partial charge is 0.105 e. The lowest BCUT2D eigenvalue weighted by molar-refractivity contribution is -0.0388. The lowest BCUT2D eigenvalue weighted by Crippen LogP contribution is -2.31. The number of rotatable bonds is 4. The van der Waals surface area contributed by atoms with Crippen molar-refractivity contribution in [3.8, 4) is 11.1 Å². The van der Waals surface area contributed by atoms with Gasteiger partial charge in [-0.1, -0.05) is 60.7 Å². The Balaban J connectivity index is 0.000000221. The predicted molar refractivity (Wildman–Crippen MR) is 78.1 cm³/mol. The first-order chi connectivity index (χ1) is 9.69. The monoisotopic (exact) mass is 276 g/mol. The molecule has 2 rings (SSSR count). The summed E-state index contributed by atoms with van der Waals surface area (Å²) in [5, 5.41) is 33.2. The fourth-order valence-electron chi connectivity index (χ4n) is 1.50. The van der Waals surface area contributed by atoms with Gasteiger partial charge in [-0.15, -0.1) is 0 Å². The van der Waals surface area contributed by atoms with Gasteiger partial charge in [0.1, 0.15) is 12.2 Å². The van der Waals surface area contributed by atoms with Crippen LogP contribution in [0.5, 0.6) is 0 Å². The molecule has 2 aromatic rings. The van der Waals surface area contributed by atoms with E-state index in [1.807, 2.05) is 12.1 Å². The van der Waals surface area contributed by atoms with Crippen LogP contribution in [0.2, 0.25) is 0 Å². The van der Waals surface area contributed by atoms with Gasteiger partial charge in [-0.25, -0.2) is 0 Å². The third kappa shape index (κ3) is 5.50. The SMILES string of the molecule is OCC(O)C(O)CO.c1ccc(-c2ccccc2)cc1. The van der Waals surface area contributed by atoms with Gasteiger partial charge in [-0.2, -0.15) is 0 Å². The number of aliphatic hydroxyl groups is 4. The fraction of sp³-hybridized carbons (Fsp3) is 0.250. The van der Waals surface area contributed by atoms with E-state index in [2.05, 4.69) is 48.5 Å². The van der Waals surface area contributed by atoms with Gasteiger partial charge >= 0.3 is 0 Å². The van der Waals surface area contributed by atoms with Crippen LogP contribution in [0.4, 0.5) is 0 Å². The van der Waals surface area contributed by atoms with Gasteiger partial charge in [0.2, 0.25) is 0 Å². The summed E-state index contributed by atoms with van der Waals surface area (Å²) in [6.07, 6.45) is -2.44. The summed E-state index contributed by atoms with van der Waals surface area (Å²) < 4.78 is 0. The lowest BCUT2D eigenvalue weighted by Gasteiger charge is -2.10. The van der Waals surface area contributed by atoms with Crippen molar-refractivity contribution in [2.24, 2.45) is 0 Å². The zero-order chi connectivity index (χ0) is 14.8. The van der Waals surface area contributed by atoms with Crippen LogP contribution in [0, 0.1) is 0 Å². The summed E-state index contributed by atoms with van der Waals surface area (Å²) >= 11 is 0. The summed E-state index contributed by atoms with van der Waals surface area (Å²) in [5.74, 6) is 0. The summed E-state index contributed by atoms with van der Waals surface area (Å²) in [5.41, 5.74) is 2.55. The third-order valence-corrected chi connectivity index (χ3v) is 2.70. The summed E-state index contributed by atoms with van der Waals surface area (Å²) in [4.78, 5) is 0. The Labute approximate surface area is 118 Å². The summed E-state index contributed by atoms with van der Waals surface area (Å²) in [6, 6.07) is 20.8. The van der Waals surface area contributed by atoms with Crippen LogP contribution in [0.3, 0.4) is 0 Å². The fourth-order valence-corrected chi connectivity index (χ4v) is 1.50. The van der Waals surface area contributed by atoms with E-state index in [9.17, 15) is 0 Å². The number of hydrogen-bond acceptors (Lipinski definition) is 4. The second-order valence-electron chi connectivity index (χ2n) is 4.23. The molecule has 0 bridgehead atoms. The van der Waals surface area contributed by atoms with Gasteiger partial charge in [0.05, 0.1) is 13.2 Å². The summed E-state index contributed by atoms with van der Waals surface area (Å²) in [6.45, 7) is -1.05. The molecule has 20 heavy (non-hydrogen) atoms. The van der Waals surface area contributed by atoms with Crippen LogP contribution < -0.4 is 0 Å². The van der Waals surface area contributed by atoms with Gasteiger partial charge in [-0.3, -0.25) is 0 Å². The van der Waals surface area contributed by atoms with Crippen molar-refractivity contribution in [1.82, 2.24) is 0 Å². The average molecular weight is 276 g/mol. The Hall–Kier alpha value is -1.72. The highest BCUT2D eigenvalue weighted by Gasteiger charge is 2.12. The molecule has 0 fully saturated rings. The zero-order valence-electron chi connectivity index (χ0n) is 11.1. The van der Waals surface area contributed by atoms with Gasteiger partial charge in [0.15, 0.2) is 0 Å². The van der Waals surface area contributed by atoms with Crippen LogP contribution in [0.1, 0.15) is 0 Å². The highest BCUT2D eigenvalue weighted by Crippen LogP contribution is 2.17. The maximum absolute atomic E-state index is 8.47. The Bertz CT molecular complexity index is 413. The molecular formula is C16H20O4. The second kappa shape index (κ2) is 9.23. The standard InChI is InChI=1S/C12H10.C4H10O4/c1-3-7-11(8-4-1)12-9-5-2-6-10-12;5-1-3(7)4(8)2-6/h1-10H;3-8H,1-2H2. The topological polar surface area (TPSA) is 80.9 Å². The van der Waals surface area contributed by atoms with E-state index in [-0.39, 0.29) is 0 Å². The molecule has 4 N–H and O–H groups in total. The first-order valence-electron chi connectivity index (χ1n) is 6.37. The maximum atomic E-state index is 8.47. The van der Waals surface area contributed by atoms with E-state index in [1.54, 1.807) is 0 Å². The van der Waals surface area contributed by atoms with Crippen LogP contribution in [0.15, 0.2) is 60.7 Å². The average Bonchev–Trinajstić information content (AvgIpc) is 2.55. The second-order valence-corrected chi connectivity index (χ2v) is 4.23. The summed E-state index contributed by atoms with van der Waals surface area (Å²) in [7, 11) is 0. The Morgan fingerprint density at radius 3 is 1.15 bits per heavy atom. The minimum Gasteiger partial charge on any atom is -0.394 e. The largest absolute Gasteiger partial charge is 0.394 e. The van der Waals surface area contributed by atoms with E-state index in [0.29, 0.717) is 0 Å². The van der Waals surface area contributed by atoms with Crippen molar-refractivity contribution in [2.45, 2.75) is 12.2 Å². The van der Waals surface area contributed by atoms with E-state index >= 15 is 0 Å². The zero-order valence-corrected chi connectivity index (χ0v) is 11.1. The van der Waals surface area contributed by atoms with Crippen LogP contribution in [-0.2, 0) is 0 Å². The molecule has 0 aliphatic rings. The van der Waals surface area contributed by atoms with Crippen LogP contribution >= 0.6 is 0 Å². The minimum atomic E-state index is -1.22. The van der Waals surface area contributed by atoms with E-state index in [1.165, 1.54) is 11.1 Å². The molecule has 0 aliphatic carbocycles. The molecule has 2 atom stereocenters. The van der Waals surface area contributed by atoms with Crippen molar-refractivity contribution in [2.75, 3.05) is 13.2 Å². The molecule has 0 heterocycles. The molecular weight excluding hydrogens is 256 g/mol. The lowest BCUT2D eigenvalue weighted by atomic mass is 10.1. The quantitative estimate of drug-likeness (QED) is 0.673. The van der Waals surface area contributed by atoms with Crippen molar-refractivity contribution in [3.05, 3.63) is 60.7 Å². The Morgan fingerprint density at radius 2 is 0.900 bits per heavy atom. The molecule has 4 nitrogen and oxygen atoms in total. The Kier molecular flexibility index (Phi) is 7.54. The highest BCUT2D eigenvalue weighted by atomic mass is 16.4. The molecule has 0 aliphatic heterocycles. The van der Waals surface area contributed by atoms with E-state index in [0.717, 1.165) is 0 Å². The minimum absolute atomic E-state index is 0.526. The maximum Gasteiger partial charge on any atom is 0.105 e. The van der Waals surface area contributed by atoms with Crippen molar-refractivity contribution in [1.29, 1.82) is 0 Å². The van der Waals surface area contributed by atoms with Gasteiger partial charge in [0.25, 0.3) is 0 Å². The first-order valence-corrected chi connectivity index (χ1v) is 6.37. The molecule has 2 aromatic carbocycles. The van der Waals surface area contributed by atoms with Crippen molar-refractivity contribution in [3.63, 3.8) is 0 Å². The molecule has 4 heteroatoms. The van der Waals surface area contributed by atoms with Crippen LogP contribution in [-0.4, -0.2) is 45.8 Å².